The number of ether oxygens (including phenoxy) is 2. The van der Waals surface area contributed by atoms with Crippen LogP contribution < -0.4 is 14.8 Å². The maximum absolute atomic E-state index is 12.4. The van der Waals surface area contributed by atoms with Gasteiger partial charge >= 0.3 is 0 Å². The van der Waals surface area contributed by atoms with Crippen molar-refractivity contribution < 1.29 is 14.3 Å². The van der Waals surface area contributed by atoms with Crippen LogP contribution in [-0.2, 0) is 18.3 Å². The van der Waals surface area contributed by atoms with Gasteiger partial charge < -0.3 is 14.8 Å². The first-order valence-electron chi connectivity index (χ1n) is 7.07. The highest BCUT2D eigenvalue weighted by atomic mass is 35.5. The minimum Gasteiger partial charge on any atom is -0.495 e. The molecule has 6 nitrogen and oxygen atoms in total. The predicted octanol–water partition coefficient (Wildman–Crippen LogP) is 2.89. The standard InChI is InChI=1S/C16H20ClN3O3/c1-9-11(10(2)20(3)19-9)6-16(21)18-13-8-14(22-4)12(17)7-15(13)23-5/h7-8H,6H2,1-5H3,(H,18,21). The van der Waals surface area contributed by atoms with E-state index in [0.29, 0.717) is 22.2 Å². The van der Waals surface area contributed by atoms with Crippen LogP contribution in [-0.4, -0.2) is 29.9 Å². The summed E-state index contributed by atoms with van der Waals surface area (Å²) in [6.45, 7) is 3.83. The monoisotopic (exact) mass is 337 g/mol. The van der Waals surface area contributed by atoms with Crippen LogP contribution in [0.4, 0.5) is 5.69 Å². The lowest BCUT2D eigenvalue weighted by molar-refractivity contribution is -0.115. The van der Waals surface area contributed by atoms with Gasteiger partial charge in [0.05, 0.1) is 37.0 Å². The summed E-state index contributed by atoms with van der Waals surface area (Å²) in [5.74, 6) is 0.784. The van der Waals surface area contributed by atoms with Crippen molar-refractivity contribution in [3.05, 3.63) is 34.1 Å². The zero-order valence-corrected chi connectivity index (χ0v) is 14.6. The van der Waals surface area contributed by atoms with Crippen LogP contribution >= 0.6 is 11.6 Å². The molecular formula is C16H20ClN3O3. The molecule has 124 valence electrons. The van der Waals surface area contributed by atoms with Gasteiger partial charge in [0.1, 0.15) is 11.5 Å². The van der Waals surface area contributed by atoms with Crippen LogP contribution in [0.1, 0.15) is 17.0 Å². The molecule has 2 rings (SSSR count). The molecule has 1 amide bonds. The number of carbonyl (C=O) groups excluding carboxylic acids is 1. The van der Waals surface area contributed by atoms with E-state index in [1.807, 2.05) is 20.9 Å². The maximum atomic E-state index is 12.4. The molecule has 1 N–H and O–H groups in total. The van der Waals surface area contributed by atoms with E-state index in [1.54, 1.807) is 16.8 Å². The maximum Gasteiger partial charge on any atom is 0.229 e. The second-order valence-corrected chi connectivity index (χ2v) is 5.59. The van der Waals surface area contributed by atoms with Crippen molar-refractivity contribution in [2.75, 3.05) is 19.5 Å². The third-order valence-electron chi connectivity index (χ3n) is 3.74. The molecule has 23 heavy (non-hydrogen) atoms. The van der Waals surface area contributed by atoms with Crippen molar-refractivity contribution in [3.8, 4) is 11.5 Å². The number of nitrogens with one attached hydrogen (secondary N) is 1. The van der Waals surface area contributed by atoms with E-state index in [4.69, 9.17) is 21.1 Å². The fourth-order valence-electron chi connectivity index (χ4n) is 2.39. The fourth-order valence-corrected chi connectivity index (χ4v) is 2.62. The number of aromatic nitrogens is 2. The molecule has 0 aliphatic carbocycles. The molecule has 1 aromatic carbocycles. The predicted molar refractivity (Wildman–Crippen MR) is 89.6 cm³/mol. The molecule has 0 bridgehead atoms. The number of methoxy groups -OCH3 is 2. The van der Waals surface area contributed by atoms with Gasteiger partial charge in [-0.1, -0.05) is 11.6 Å². The number of nitrogens with zero attached hydrogens (tertiary/aromatic N) is 2. The minimum absolute atomic E-state index is 0.160. The summed E-state index contributed by atoms with van der Waals surface area (Å²) in [5.41, 5.74) is 3.25. The third-order valence-corrected chi connectivity index (χ3v) is 4.04. The number of anilines is 1. The highest BCUT2D eigenvalue weighted by Crippen LogP contribution is 2.35. The second kappa shape index (κ2) is 6.91. The van der Waals surface area contributed by atoms with Crippen molar-refractivity contribution >= 4 is 23.2 Å². The van der Waals surface area contributed by atoms with Crippen molar-refractivity contribution in [1.82, 2.24) is 9.78 Å². The van der Waals surface area contributed by atoms with E-state index in [2.05, 4.69) is 10.4 Å². The van der Waals surface area contributed by atoms with Gasteiger partial charge in [-0.25, -0.2) is 0 Å². The van der Waals surface area contributed by atoms with Crippen molar-refractivity contribution in [2.24, 2.45) is 7.05 Å². The molecule has 0 aliphatic rings. The van der Waals surface area contributed by atoms with Crippen LogP contribution in [0.15, 0.2) is 12.1 Å². The number of halogens is 1. The Kier molecular flexibility index (Phi) is 5.15. The van der Waals surface area contributed by atoms with Crippen LogP contribution in [0.3, 0.4) is 0 Å². The first-order valence-corrected chi connectivity index (χ1v) is 7.45. The van der Waals surface area contributed by atoms with Gasteiger partial charge in [0.25, 0.3) is 0 Å². The summed E-state index contributed by atoms with van der Waals surface area (Å²) >= 11 is 6.06. The van der Waals surface area contributed by atoms with Gasteiger partial charge in [0.2, 0.25) is 5.91 Å². The lowest BCUT2D eigenvalue weighted by Gasteiger charge is -2.13. The second-order valence-electron chi connectivity index (χ2n) is 5.18. The molecule has 0 saturated heterocycles. The van der Waals surface area contributed by atoms with Crippen molar-refractivity contribution in [3.63, 3.8) is 0 Å². The Bertz CT molecular complexity index is 741. The van der Waals surface area contributed by atoms with E-state index in [1.165, 1.54) is 14.2 Å². The number of hydrogen-bond donors (Lipinski definition) is 1. The molecule has 0 saturated carbocycles. The van der Waals surface area contributed by atoms with E-state index in [9.17, 15) is 4.79 Å². The summed E-state index contributed by atoms with van der Waals surface area (Å²) in [5, 5.41) is 7.57. The molecular weight excluding hydrogens is 318 g/mol. The number of amides is 1. The highest BCUT2D eigenvalue weighted by Gasteiger charge is 2.16. The van der Waals surface area contributed by atoms with Gasteiger partial charge in [0.15, 0.2) is 0 Å². The molecule has 0 aliphatic heterocycles. The lowest BCUT2D eigenvalue weighted by Crippen LogP contribution is -2.16. The van der Waals surface area contributed by atoms with Gasteiger partial charge in [-0.2, -0.15) is 5.10 Å². The van der Waals surface area contributed by atoms with Crippen molar-refractivity contribution in [2.45, 2.75) is 20.3 Å². The van der Waals surface area contributed by atoms with Crippen LogP contribution in [0, 0.1) is 13.8 Å². The first kappa shape index (κ1) is 17.1. The first-order chi connectivity index (χ1) is 10.9. The summed E-state index contributed by atoms with van der Waals surface area (Å²) in [4.78, 5) is 12.4. The molecule has 0 unspecified atom stereocenters. The molecule has 1 heterocycles. The van der Waals surface area contributed by atoms with Gasteiger partial charge in [0, 0.05) is 30.4 Å². The molecule has 1 aromatic heterocycles. The van der Waals surface area contributed by atoms with Gasteiger partial charge in [-0.3, -0.25) is 9.48 Å². The molecule has 0 fully saturated rings. The number of carbonyl (C=O) groups is 1. The Hall–Kier alpha value is -2.21. The average Bonchev–Trinajstić information content (AvgIpc) is 2.75. The summed E-state index contributed by atoms with van der Waals surface area (Å²) in [6.07, 6.45) is 0.236. The highest BCUT2D eigenvalue weighted by molar-refractivity contribution is 6.32. The number of aryl methyl sites for hydroxylation is 2. The molecule has 2 aromatic rings. The third kappa shape index (κ3) is 3.59. The molecule has 0 spiro atoms. The quantitative estimate of drug-likeness (QED) is 0.911. The summed E-state index contributed by atoms with van der Waals surface area (Å²) in [6, 6.07) is 3.25. The number of benzene rings is 1. The number of hydrogen-bond acceptors (Lipinski definition) is 4. The Morgan fingerprint density at radius 2 is 1.91 bits per heavy atom. The topological polar surface area (TPSA) is 65.4 Å². The molecule has 0 radical (unpaired) electrons. The van der Waals surface area contributed by atoms with E-state index in [0.717, 1.165) is 17.0 Å². The largest absolute Gasteiger partial charge is 0.495 e. The Morgan fingerprint density at radius 1 is 1.26 bits per heavy atom. The van der Waals surface area contributed by atoms with Crippen LogP contribution in [0.5, 0.6) is 11.5 Å². The van der Waals surface area contributed by atoms with Gasteiger partial charge in [-0.05, 0) is 13.8 Å². The zero-order chi connectivity index (χ0) is 17.1. The Labute approximate surface area is 140 Å². The SMILES string of the molecule is COc1cc(NC(=O)Cc2c(C)nn(C)c2C)c(OC)cc1Cl. The zero-order valence-electron chi connectivity index (χ0n) is 13.9. The lowest BCUT2D eigenvalue weighted by atomic mass is 10.1. The number of rotatable bonds is 5. The van der Waals surface area contributed by atoms with E-state index >= 15 is 0 Å². The summed E-state index contributed by atoms with van der Waals surface area (Å²) in [7, 11) is 4.89. The van der Waals surface area contributed by atoms with E-state index < -0.39 is 0 Å². The van der Waals surface area contributed by atoms with Crippen molar-refractivity contribution in [1.29, 1.82) is 0 Å². The van der Waals surface area contributed by atoms with Crippen LogP contribution in [0.2, 0.25) is 5.02 Å². The van der Waals surface area contributed by atoms with Gasteiger partial charge in [-0.15, -0.1) is 0 Å². The Balaban J connectivity index is 2.23. The van der Waals surface area contributed by atoms with Crippen LogP contribution in [0.25, 0.3) is 0 Å². The minimum atomic E-state index is -0.160. The normalized spacial score (nSPS) is 10.5. The molecule has 0 atom stereocenters. The molecule has 7 heteroatoms. The Morgan fingerprint density at radius 3 is 2.43 bits per heavy atom. The average molecular weight is 338 g/mol. The van der Waals surface area contributed by atoms with E-state index in [-0.39, 0.29) is 12.3 Å². The smallest absolute Gasteiger partial charge is 0.229 e. The fraction of sp³-hybridized carbons (Fsp3) is 0.375. The summed E-state index contributed by atoms with van der Waals surface area (Å²) < 4.78 is 12.2.